The van der Waals surface area contributed by atoms with Crippen LogP contribution in [0.3, 0.4) is 0 Å². The van der Waals surface area contributed by atoms with E-state index in [1.54, 1.807) is 0 Å². The van der Waals surface area contributed by atoms with Gasteiger partial charge in [0.1, 0.15) is 0 Å². The third kappa shape index (κ3) is 1.81. The van der Waals surface area contributed by atoms with Crippen molar-refractivity contribution in [2.75, 3.05) is 0 Å². The summed E-state index contributed by atoms with van der Waals surface area (Å²) in [4.78, 5) is 0. The van der Waals surface area contributed by atoms with Gasteiger partial charge in [0.2, 0.25) is 0 Å². The van der Waals surface area contributed by atoms with Gasteiger partial charge in [0.25, 0.3) is 0 Å². The van der Waals surface area contributed by atoms with Crippen LogP contribution in [0.2, 0.25) is 0 Å². The summed E-state index contributed by atoms with van der Waals surface area (Å²) in [5.41, 5.74) is 2.72. The minimum atomic E-state index is 0.253. The fourth-order valence-corrected chi connectivity index (χ4v) is 1.63. The highest BCUT2D eigenvalue weighted by atomic mass is 35.5. The maximum absolute atomic E-state index is 5.94. The van der Waals surface area contributed by atoms with E-state index in [2.05, 4.69) is 5.43 Å². The van der Waals surface area contributed by atoms with Gasteiger partial charge in [-0.2, -0.15) is 0 Å². The Morgan fingerprint density at radius 2 is 2.00 bits per heavy atom. The van der Waals surface area contributed by atoms with E-state index in [1.807, 2.05) is 0 Å². The summed E-state index contributed by atoms with van der Waals surface area (Å²) in [5.74, 6) is 5.26. The minimum absolute atomic E-state index is 0.253. The molecule has 1 rings (SSSR count). The second kappa shape index (κ2) is 3.40. The first-order valence-corrected chi connectivity index (χ1v) is 3.88. The Balaban J connectivity index is 2.30. The maximum atomic E-state index is 5.94. The third-order valence-electron chi connectivity index (χ3n) is 1.90. The van der Waals surface area contributed by atoms with Gasteiger partial charge in [-0.3, -0.25) is 11.3 Å². The monoisotopic (exact) mass is 148 g/mol. The van der Waals surface area contributed by atoms with Crippen molar-refractivity contribution in [2.24, 2.45) is 5.84 Å². The molecule has 3 heteroatoms. The SMILES string of the molecule is NN[C@H]1CCCC[C@@H]1Cl. The van der Waals surface area contributed by atoms with E-state index in [0.717, 1.165) is 12.8 Å². The molecule has 0 radical (unpaired) electrons. The molecular formula is C6H13ClN2. The van der Waals surface area contributed by atoms with Crippen molar-refractivity contribution in [1.82, 2.24) is 5.43 Å². The van der Waals surface area contributed by atoms with E-state index < -0.39 is 0 Å². The lowest BCUT2D eigenvalue weighted by molar-refractivity contribution is 0.385. The average Bonchev–Trinajstić information content (AvgIpc) is 1.89. The fourth-order valence-electron chi connectivity index (χ4n) is 1.27. The van der Waals surface area contributed by atoms with E-state index in [1.165, 1.54) is 12.8 Å². The lowest BCUT2D eigenvalue weighted by Gasteiger charge is -2.25. The number of hydrogen-bond acceptors (Lipinski definition) is 2. The van der Waals surface area contributed by atoms with Crippen LogP contribution in [0.25, 0.3) is 0 Å². The number of hydrogen-bond donors (Lipinski definition) is 2. The van der Waals surface area contributed by atoms with Crippen LogP contribution >= 0.6 is 11.6 Å². The highest BCUT2D eigenvalue weighted by Crippen LogP contribution is 2.21. The molecule has 3 N–H and O–H groups in total. The Labute approximate surface area is 60.7 Å². The summed E-state index contributed by atoms with van der Waals surface area (Å²) in [6, 6.07) is 0.348. The Bertz CT molecular complexity index is 87.1. The standard InChI is InChI=1S/C6H13ClN2/c7-5-3-1-2-4-6(5)9-8/h5-6,9H,1-4,8H2/t5-,6-/m0/s1. The van der Waals surface area contributed by atoms with Crippen molar-refractivity contribution in [3.05, 3.63) is 0 Å². The summed E-state index contributed by atoms with van der Waals surface area (Å²) in [7, 11) is 0. The topological polar surface area (TPSA) is 38.0 Å². The lowest BCUT2D eigenvalue weighted by atomic mass is 9.96. The minimum Gasteiger partial charge on any atom is -0.271 e. The van der Waals surface area contributed by atoms with Crippen LogP contribution in [0.5, 0.6) is 0 Å². The normalized spacial score (nSPS) is 36.7. The van der Waals surface area contributed by atoms with Gasteiger partial charge in [0.05, 0.1) is 5.38 Å². The summed E-state index contributed by atoms with van der Waals surface area (Å²) >= 11 is 5.94. The number of nitrogens with one attached hydrogen (secondary N) is 1. The molecule has 2 atom stereocenters. The first-order chi connectivity index (χ1) is 4.34. The third-order valence-corrected chi connectivity index (χ3v) is 2.42. The Kier molecular flexibility index (Phi) is 2.76. The summed E-state index contributed by atoms with van der Waals surface area (Å²) in [5, 5.41) is 0.253. The molecule has 0 unspecified atom stereocenters. The summed E-state index contributed by atoms with van der Waals surface area (Å²) in [6.07, 6.45) is 4.76. The zero-order valence-electron chi connectivity index (χ0n) is 5.44. The molecule has 0 aromatic rings. The quantitative estimate of drug-likeness (QED) is 0.331. The van der Waals surface area contributed by atoms with Gasteiger partial charge in [-0.05, 0) is 12.8 Å². The van der Waals surface area contributed by atoms with Crippen molar-refractivity contribution in [3.8, 4) is 0 Å². The second-order valence-corrected chi connectivity index (χ2v) is 3.13. The van der Waals surface area contributed by atoms with Gasteiger partial charge in [-0.15, -0.1) is 11.6 Å². The van der Waals surface area contributed by atoms with Crippen LogP contribution in [0.4, 0.5) is 0 Å². The van der Waals surface area contributed by atoms with Crippen LogP contribution in [-0.4, -0.2) is 11.4 Å². The molecule has 0 bridgehead atoms. The highest BCUT2D eigenvalue weighted by Gasteiger charge is 2.20. The molecule has 0 heterocycles. The summed E-state index contributed by atoms with van der Waals surface area (Å²) < 4.78 is 0. The van der Waals surface area contributed by atoms with Crippen LogP contribution in [-0.2, 0) is 0 Å². The van der Waals surface area contributed by atoms with Gasteiger partial charge < -0.3 is 0 Å². The molecule has 1 aliphatic rings. The zero-order valence-corrected chi connectivity index (χ0v) is 6.19. The van der Waals surface area contributed by atoms with Crippen molar-refractivity contribution < 1.29 is 0 Å². The number of halogens is 1. The summed E-state index contributed by atoms with van der Waals surface area (Å²) in [6.45, 7) is 0. The molecule has 0 spiro atoms. The van der Waals surface area contributed by atoms with Gasteiger partial charge in [0, 0.05) is 6.04 Å². The van der Waals surface area contributed by atoms with Crippen LogP contribution in [0, 0.1) is 0 Å². The van der Waals surface area contributed by atoms with Gasteiger partial charge in [-0.1, -0.05) is 12.8 Å². The van der Waals surface area contributed by atoms with E-state index in [-0.39, 0.29) is 5.38 Å². The Morgan fingerprint density at radius 3 is 2.44 bits per heavy atom. The van der Waals surface area contributed by atoms with Crippen molar-refractivity contribution in [2.45, 2.75) is 37.1 Å². The molecule has 0 aromatic carbocycles. The number of rotatable bonds is 1. The van der Waals surface area contributed by atoms with Crippen LogP contribution < -0.4 is 11.3 Å². The van der Waals surface area contributed by atoms with E-state index in [0.29, 0.717) is 6.04 Å². The predicted octanol–water partition coefficient (Wildman–Crippen LogP) is 1.000. The van der Waals surface area contributed by atoms with Crippen molar-refractivity contribution >= 4 is 11.6 Å². The number of nitrogens with two attached hydrogens (primary N) is 1. The molecule has 1 aliphatic carbocycles. The van der Waals surface area contributed by atoms with Crippen molar-refractivity contribution in [3.63, 3.8) is 0 Å². The Hall–Kier alpha value is 0.210. The average molecular weight is 149 g/mol. The van der Waals surface area contributed by atoms with E-state index in [9.17, 15) is 0 Å². The van der Waals surface area contributed by atoms with E-state index in [4.69, 9.17) is 17.4 Å². The largest absolute Gasteiger partial charge is 0.271 e. The van der Waals surface area contributed by atoms with Crippen LogP contribution in [0.15, 0.2) is 0 Å². The van der Waals surface area contributed by atoms with Crippen LogP contribution in [0.1, 0.15) is 25.7 Å². The molecule has 1 fully saturated rings. The predicted molar refractivity (Wildman–Crippen MR) is 39.2 cm³/mol. The highest BCUT2D eigenvalue weighted by molar-refractivity contribution is 6.21. The first-order valence-electron chi connectivity index (χ1n) is 3.45. The molecule has 0 amide bonds. The molecule has 0 saturated heterocycles. The molecule has 0 aliphatic heterocycles. The molecule has 2 nitrogen and oxygen atoms in total. The van der Waals surface area contributed by atoms with Gasteiger partial charge >= 0.3 is 0 Å². The first kappa shape index (κ1) is 7.32. The zero-order chi connectivity index (χ0) is 6.69. The lowest BCUT2D eigenvalue weighted by Crippen LogP contribution is -2.43. The molecule has 9 heavy (non-hydrogen) atoms. The van der Waals surface area contributed by atoms with E-state index >= 15 is 0 Å². The molecule has 54 valence electrons. The Morgan fingerprint density at radius 1 is 1.33 bits per heavy atom. The molecular weight excluding hydrogens is 136 g/mol. The fraction of sp³-hybridized carbons (Fsp3) is 1.00. The van der Waals surface area contributed by atoms with Gasteiger partial charge in [-0.25, -0.2) is 0 Å². The maximum Gasteiger partial charge on any atom is 0.0502 e. The second-order valence-electron chi connectivity index (χ2n) is 2.57. The number of alkyl halides is 1. The smallest absolute Gasteiger partial charge is 0.0502 e. The number of hydrazine groups is 1. The van der Waals surface area contributed by atoms with Crippen molar-refractivity contribution in [1.29, 1.82) is 0 Å². The van der Waals surface area contributed by atoms with Gasteiger partial charge in [0.15, 0.2) is 0 Å². The molecule has 0 aromatic heterocycles. The molecule has 1 saturated carbocycles.